The van der Waals surface area contributed by atoms with Crippen molar-refractivity contribution in [2.24, 2.45) is 0 Å². The summed E-state index contributed by atoms with van der Waals surface area (Å²) in [6.07, 6.45) is -0.0710. The van der Waals surface area contributed by atoms with E-state index in [1.165, 1.54) is 12.1 Å². The van der Waals surface area contributed by atoms with E-state index in [9.17, 15) is 14.4 Å². The van der Waals surface area contributed by atoms with Crippen molar-refractivity contribution in [3.05, 3.63) is 29.0 Å². The number of alkyl halides is 1. The molecule has 19 heavy (non-hydrogen) atoms. The lowest BCUT2D eigenvalue weighted by atomic mass is 10.1. The van der Waals surface area contributed by atoms with Crippen LogP contribution < -0.4 is 4.90 Å². The Kier molecular flexibility index (Phi) is 2.81. The number of halogens is 1. The van der Waals surface area contributed by atoms with E-state index in [0.717, 1.165) is 0 Å². The third-order valence-corrected chi connectivity index (χ3v) is 3.34. The zero-order valence-electron chi connectivity index (χ0n) is 10.1. The molecule has 2 heterocycles. The lowest BCUT2D eigenvalue weighted by Gasteiger charge is -2.28. The number of piperidine rings is 1. The molecule has 0 bridgehead atoms. The maximum absolute atomic E-state index is 13.0. The summed E-state index contributed by atoms with van der Waals surface area (Å²) < 4.78 is 17.5. The third-order valence-electron chi connectivity index (χ3n) is 3.34. The van der Waals surface area contributed by atoms with E-state index in [1.54, 1.807) is 11.0 Å². The van der Waals surface area contributed by atoms with Crippen LogP contribution in [0.15, 0.2) is 22.8 Å². The Hall–Kier alpha value is -2.18. The first-order valence-electron chi connectivity index (χ1n) is 6.08. The number of hydrogen-bond acceptors (Lipinski definition) is 4. The largest absolute Gasteiger partial charge is 0.359 e. The molecular weight excluding hydrogens is 253 g/mol. The topological polar surface area (TPSA) is 73.3 Å². The minimum atomic E-state index is -0.818. The molecule has 0 atom stereocenters. The van der Waals surface area contributed by atoms with Gasteiger partial charge in [-0.3, -0.25) is 9.42 Å². The molecule has 100 valence electrons. The number of hydrogen-bond donors (Lipinski definition) is 0. The quantitative estimate of drug-likeness (QED) is 0.722. The Bertz CT molecular complexity index is 620. The van der Waals surface area contributed by atoms with Crippen LogP contribution in [0.1, 0.15) is 23.2 Å². The molecule has 7 heteroatoms. The number of nitrogens with zero attached hydrogens (tertiary/aromatic N) is 3. The molecule has 1 amide bonds. The first kappa shape index (κ1) is 11.9. The number of benzene rings is 1. The van der Waals surface area contributed by atoms with Crippen molar-refractivity contribution < 1.29 is 18.7 Å². The van der Waals surface area contributed by atoms with Crippen molar-refractivity contribution in [2.75, 3.05) is 13.1 Å². The molecule has 2 aromatic rings. The standard InChI is InChI=1S/C12H12FN3O3/c13-9-3-5-15(6-4-9)12(17)8-1-2-11-10(7-8)14-19-16(11)18/h1-2,7,9H,3-6H2. The highest BCUT2D eigenvalue weighted by atomic mass is 19.1. The molecule has 1 aromatic carbocycles. The van der Waals surface area contributed by atoms with Gasteiger partial charge in [0, 0.05) is 29.9 Å². The van der Waals surface area contributed by atoms with Crippen molar-refractivity contribution in [2.45, 2.75) is 19.0 Å². The van der Waals surface area contributed by atoms with Crippen LogP contribution >= 0.6 is 0 Å². The third kappa shape index (κ3) is 2.11. The van der Waals surface area contributed by atoms with E-state index in [2.05, 4.69) is 9.79 Å². The van der Waals surface area contributed by atoms with Crippen LogP contribution in [-0.2, 0) is 0 Å². The lowest BCUT2D eigenvalue weighted by molar-refractivity contribution is -0.782. The molecule has 6 nitrogen and oxygen atoms in total. The molecule has 1 saturated heterocycles. The van der Waals surface area contributed by atoms with E-state index in [1.807, 2.05) is 0 Å². The second kappa shape index (κ2) is 4.49. The monoisotopic (exact) mass is 265 g/mol. The van der Waals surface area contributed by atoms with Crippen molar-refractivity contribution in [3.8, 4) is 0 Å². The number of carbonyl (C=O) groups is 1. The normalized spacial score (nSPS) is 17.0. The van der Waals surface area contributed by atoms with Crippen molar-refractivity contribution >= 4 is 16.9 Å². The first-order chi connectivity index (χ1) is 9.15. The fourth-order valence-electron chi connectivity index (χ4n) is 2.24. The van der Waals surface area contributed by atoms with Gasteiger partial charge in [0.1, 0.15) is 6.17 Å². The number of amides is 1. The van der Waals surface area contributed by atoms with Crippen LogP contribution in [0.2, 0.25) is 0 Å². The molecule has 1 aromatic heterocycles. The van der Waals surface area contributed by atoms with Gasteiger partial charge in [0.25, 0.3) is 5.91 Å². The molecular formula is C12H12FN3O3. The Morgan fingerprint density at radius 2 is 2.21 bits per heavy atom. The molecule has 0 radical (unpaired) electrons. The van der Waals surface area contributed by atoms with E-state index in [4.69, 9.17) is 0 Å². The Morgan fingerprint density at radius 1 is 1.47 bits per heavy atom. The lowest BCUT2D eigenvalue weighted by Crippen LogP contribution is -2.39. The summed E-state index contributed by atoms with van der Waals surface area (Å²) >= 11 is 0. The van der Waals surface area contributed by atoms with Gasteiger partial charge in [-0.25, -0.2) is 4.39 Å². The molecule has 1 fully saturated rings. The van der Waals surface area contributed by atoms with Gasteiger partial charge in [-0.2, -0.15) is 0 Å². The van der Waals surface area contributed by atoms with Gasteiger partial charge in [0.05, 0.1) is 0 Å². The number of aromatic nitrogens is 2. The highest BCUT2D eigenvalue weighted by molar-refractivity contribution is 5.96. The molecule has 0 saturated carbocycles. The van der Waals surface area contributed by atoms with Gasteiger partial charge in [-0.1, -0.05) is 0 Å². The average Bonchev–Trinajstić information content (AvgIpc) is 2.80. The average molecular weight is 265 g/mol. The summed E-state index contributed by atoms with van der Waals surface area (Å²) in [5, 5.41) is 14.7. The minimum absolute atomic E-state index is 0.172. The fraction of sp³-hybridized carbons (Fsp3) is 0.417. The van der Waals surface area contributed by atoms with Crippen molar-refractivity contribution in [1.29, 1.82) is 0 Å². The number of rotatable bonds is 1. The number of fused-ring (bicyclic) bond motifs is 1. The Labute approximate surface area is 107 Å². The van der Waals surface area contributed by atoms with E-state index < -0.39 is 6.17 Å². The molecule has 0 aliphatic carbocycles. The van der Waals surface area contributed by atoms with Crippen molar-refractivity contribution in [1.82, 2.24) is 10.1 Å². The van der Waals surface area contributed by atoms with E-state index in [-0.39, 0.29) is 16.3 Å². The van der Waals surface area contributed by atoms with Crippen LogP contribution in [-0.4, -0.2) is 35.2 Å². The predicted molar refractivity (Wildman–Crippen MR) is 63.0 cm³/mol. The van der Waals surface area contributed by atoms with Crippen LogP contribution in [0.4, 0.5) is 4.39 Å². The van der Waals surface area contributed by atoms with Gasteiger partial charge in [-0.05, 0) is 29.9 Å². The van der Waals surface area contributed by atoms with Gasteiger partial charge >= 0.3 is 0 Å². The van der Waals surface area contributed by atoms with Crippen LogP contribution in [0.25, 0.3) is 11.0 Å². The summed E-state index contributed by atoms with van der Waals surface area (Å²) in [4.78, 5) is 14.1. The summed E-state index contributed by atoms with van der Waals surface area (Å²) in [6, 6.07) is 4.56. The van der Waals surface area contributed by atoms with E-state index in [0.29, 0.717) is 37.0 Å². The molecule has 1 aliphatic rings. The second-order valence-electron chi connectivity index (χ2n) is 4.60. The van der Waals surface area contributed by atoms with Crippen molar-refractivity contribution in [3.63, 3.8) is 0 Å². The summed E-state index contributed by atoms with van der Waals surface area (Å²) in [5.74, 6) is -0.172. The fourth-order valence-corrected chi connectivity index (χ4v) is 2.24. The van der Waals surface area contributed by atoms with E-state index >= 15 is 0 Å². The molecule has 0 spiro atoms. The smallest absolute Gasteiger partial charge is 0.254 e. The summed E-state index contributed by atoms with van der Waals surface area (Å²) in [5.41, 5.74) is 1.04. The van der Waals surface area contributed by atoms with Gasteiger partial charge < -0.3 is 10.1 Å². The Balaban J connectivity index is 1.85. The maximum atomic E-state index is 13.0. The number of likely N-dealkylation sites (tertiary alicyclic amines) is 1. The highest BCUT2D eigenvalue weighted by Crippen LogP contribution is 2.17. The second-order valence-corrected chi connectivity index (χ2v) is 4.60. The Morgan fingerprint density at radius 3 is 2.95 bits per heavy atom. The molecule has 0 N–H and O–H groups in total. The SMILES string of the molecule is O=C(c1ccc2c(c1)no[n+]2[O-])N1CCC(F)CC1. The number of carbonyl (C=O) groups excluding carboxylic acids is 1. The maximum Gasteiger partial charge on any atom is 0.254 e. The molecule has 3 rings (SSSR count). The summed E-state index contributed by atoms with van der Waals surface area (Å²) in [7, 11) is 0. The molecule has 1 aliphatic heterocycles. The predicted octanol–water partition coefficient (Wildman–Crippen LogP) is 1.04. The van der Waals surface area contributed by atoms with Crippen LogP contribution in [0.3, 0.4) is 0 Å². The van der Waals surface area contributed by atoms with Gasteiger partial charge in [0.15, 0.2) is 0 Å². The zero-order valence-corrected chi connectivity index (χ0v) is 10.1. The van der Waals surface area contributed by atoms with Gasteiger partial charge in [-0.15, -0.1) is 0 Å². The van der Waals surface area contributed by atoms with Crippen LogP contribution in [0.5, 0.6) is 0 Å². The minimum Gasteiger partial charge on any atom is -0.359 e. The zero-order chi connectivity index (χ0) is 13.4. The van der Waals surface area contributed by atoms with Gasteiger partial charge in [0.2, 0.25) is 11.0 Å². The van der Waals surface area contributed by atoms with Crippen LogP contribution in [0, 0.1) is 5.21 Å². The first-order valence-corrected chi connectivity index (χ1v) is 6.08. The highest BCUT2D eigenvalue weighted by Gasteiger charge is 2.24. The molecule has 0 unspecified atom stereocenters. The summed E-state index contributed by atoms with van der Waals surface area (Å²) in [6.45, 7) is 0.830.